The second kappa shape index (κ2) is 14.8. The number of para-hydroxylation sites is 1. The van der Waals surface area contributed by atoms with E-state index < -0.39 is 16.7 Å². The molecule has 252 valence electrons. The molecule has 0 radical (unpaired) electrons. The number of benzene rings is 3. The van der Waals surface area contributed by atoms with E-state index in [9.17, 15) is 19.0 Å². The highest BCUT2D eigenvalue weighted by Gasteiger charge is 2.32. The lowest BCUT2D eigenvalue weighted by molar-refractivity contribution is 0.0697. The Morgan fingerprint density at radius 2 is 1.66 bits per heavy atom. The molecule has 1 aliphatic heterocycles. The fourth-order valence-electron chi connectivity index (χ4n) is 7.12. The van der Waals surface area contributed by atoms with Crippen molar-refractivity contribution in [3.05, 3.63) is 89.5 Å². The van der Waals surface area contributed by atoms with Gasteiger partial charge in [0.1, 0.15) is 11.9 Å². The predicted octanol–water partition coefficient (Wildman–Crippen LogP) is 7.13. The van der Waals surface area contributed by atoms with Crippen LogP contribution >= 0.6 is 10.8 Å². The number of nitrogens with zero attached hydrogens (tertiary/aromatic N) is 3. The van der Waals surface area contributed by atoms with Gasteiger partial charge in [-0.3, -0.25) is 9.11 Å². The van der Waals surface area contributed by atoms with Gasteiger partial charge in [-0.2, -0.15) is 0 Å². The summed E-state index contributed by atoms with van der Waals surface area (Å²) in [4.78, 5) is 16.4. The number of ether oxygens (including phenoxy) is 1. The molecule has 4 aromatic rings. The van der Waals surface area contributed by atoms with Crippen LogP contribution in [0.5, 0.6) is 5.75 Å². The summed E-state index contributed by atoms with van der Waals surface area (Å²) in [5, 5.41) is 11.0. The molecule has 10 heteroatoms. The second-order valence-corrected chi connectivity index (χ2v) is 15.3. The van der Waals surface area contributed by atoms with Gasteiger partial charge in [0.05, 0.1) is 23.6 Å². The average molecular weight is 661 g/mol. The monoisotopic (exact) mass is 660 g/mol. The van der Waals surface area contributed by atoms with Gasteiger partial charge < -0.3 is 24.2 Å². The number of carbonyl (C=O) groups is 1. The van der Waals surface area contributed by atoms with Crippen molar-refractivity contribution in [1.29, 1.82) is 0 Å². The Morgan fingerprint density at radius 3 is 2.43 bits per heavy atom. The molecule has 1 fully saturated rings. The van der Waals surface area contributed by atoms with Gasteiger partial charge in [0.25, 0.3) is 0 Å². The van der Waals surface area contributed by atoms with Crippen LogP contribution in [0, 0.1) is 0 Å². The largest absolute Gasteiger partial charge is 0.487 e. The Balaban J connectivity index is 1.16. The van der Waals surface area contributed by atoms with Gasteiger partial charge >= 0.3 is 5.97 Å². The highest BCUT2D eigenvalue weighted by Crippen LogP contribution is 2.47. The Bertz CT molecular complexity index is 1670. The molecule has 1 aliphatic carbocycles. The number of nitrogens with one attached hydrogen (secondary N) is 1. The first-order valence-electron chi connectivity index (χ1n) is 16.8. The van der Waals surface area contributed by atoms with Gasteiger partial charge in [-0.05, 0) is 68.2 Å². The van der Waals surface area contributed by atoms with Gasteiger partial charge in [0.15, 0.2) is 0 Å². The van der Waals surface area contributed by atoms with Gasteiger partial charge in [-0.15, -0.1) is 10.8 Å². The highest BCUT2D eigenvalue weighted by molar-refractivity contribution is 8.22. The molecule has 4 N–H and O–H groups in total. The molecule has 0 saturated heterocycles. The molecule has 3 aromatic carbocycles. The average Bonchev–Trinajstić information content (AvgIpc) is 3.30. The van der Waals surface area contributed by atoms with E-state index in [-0.39, 0.29) is 11.9 Å². The molecular weight excluding hydrogens is 612 g/mol. The van der Waals surface area contributed by atoms with Crippen LogP contribution in [-0.2, 0) is 13.1 Å². The Hall–Kier alpha value is -3.38. The number of rotatable bonds is 13. The van der Waals surface area contributed by atoms with Crippen LogP contribution in [0.1, 0.15) is 59.5 Å². The minimum atomic E-state index is -2.89. The van der Waals surface area contributed by atoms with Crippen LogP contribution in [0.15, 0.2) is 72.8 Å². The molecule has 0 spiro atoms. The minimum Gasteiger partial charge on any atom is -0.487 e. The zero-order valence-corrected chi connectivity index (χ0v) is 28.3. The maximum Gasteiger partial charge on any atom is 0.335 e. The van der Waals surface area contributed by atoms with Crippen LogP contribution in [-0.4, -0.2) is 86.7 Å². The molecule has 1 unspecified atom stereocenters. The third-order valence-corrected chi connectivity index (χ3v) is 11.0. The van der Waals surface area contributed by atoms with Crippen LogP contribution in [0.25, 0.3) is 22.2 Å². The van der Waals surface area contributed by atoms with E-state index in [2.05, 4.69) is 44.3 Å². The highest BCUT2D eigenvalue weighted by atomic mass is 32.3. The third kappa shape index (κ3) is 8.02. The molecule has 0 amide bonds. The maximum atomic E-state index is 12.0. The van der Waals surface area contributed by atoms with E-state index in [1.165, 1.54) is 30.5 Å². The summed E-state index contributed by atoms with van der Waals surface area (Å²) in [5.74, 6) is 0.648. The number of carboxylic acids is 1. The smallest absolute Gasteiger partial charge is 0.335 e. The summed E-state index contributed by atoms with van der Waals surface area (Å²) in [5.41, 5.74) is 5.87. The molecule has 0 bridgehead atoms. The van der Waals surface area contributed by atoms with Crippen LogP contribution in [0.4, 0.5) is 0 Å². The minimum absolute atomic E-state index is 0.148. The normalized spacial score (nSPS) is 17.4. The quantitative estimate of drug-likeness (QED) is 0.120. The Labute approximate surface area is 279 Å². The van der Waals surface area contributed by atoms with Crippen molar-refractivity contribution in [3.8, 4) is 17.0 Å². The molecule has 1 atom stereocenters. The van der Waals surface area contributed by atoms with Gasteiger partial charge in [0.2, 0.25) is 0 Å². The van der Waals surface area contributed by atoms with E-state index in [0.717, 1.165) is 53.7 Å². The van der Waals surface area contributed by atoms with Gasteiger partial charge in [-0.25, -0.2) is 9.52 Å². The fourth-order valence-corrected chi connectivity index (χ4v) is 8.22. The van der Waals surface area contributed by atoms with Crippen molar-refractivity contribution in [2.45, 2.75) is 57.2 Å². The van der Waals surface area contributed by atoms with Crippen molar-refractivity contribution >= 4 is 27.6 Å². The SMILES string of the molecule is CN(CCN(C)CC1Cn2c(c(C3CCCCC3)c3ccc(C(=O)O)cc32)-c2ccccc2O1)CCS(O)(O)NCc1ccccc1. The Kier molecular flexibility index (Phi) is 10.6. The number of aromatic carboxylic acids is 1. The number of fused-ring (bicyclic) bond motifs is 5. The number of likely N-dealkylation sites (N-methyl/N-ethyl adjacent to an activating group) is 2. The molecule has 9 nitrogen and oxygen atoms in total. The predicted molar refractivity (Wildman–Crippen MR) is 191 cm³/mol. The lowest BCUT2D eigenvalue weighted by atomic mass is 9.81. The lowest BCUT2D eigenvalue weighted by Crippen LogP contribution is -2.40. The molecule has 47 heavy (non-hydrogen) atoms. The number of hydrogen-bond acceptors (Lipinski definition) is 7. The number of carboxylic acid groups (broad SMARTS) is 1. The summed E-state index contributed by atoms with van der Waals surface area (Å²) in [6.45, 7) is 3.82. The molecular formula is C37H48N4O5S. The molecule has 6 rings (SSSR count). The van der Waals surface area contributed by atoms with E-state index >= 15 is 0 Å². The van der Waals surface area contributed by atoms with Crippen molar-refractivity contribution in [3.63, 3.8) is 0 Å². The van der Waals surface area contributed by atoms with Crippen LogP contribution < -0.4 is 9.46 Å². The van der Waals surface area contributed by atoms with E-state index in [0.29, 0.717) is 37.7 Å². The van der Waals surface area contributed by atoms with Crippen molar-refractivity contribution < 1.29 is 23.7 Å². The van der Waals surface area contributed by atoms with Crippen molar-refractivity contribution in [2.24, 2.45) is 0 Å². The fraction of sp³-hybridized carbons (Fsp3) is 0.432. The molecule has 1 saturated carbocycles. The number of hydrogen-bond donors (Lipinski definition) is 4. The summed E-state index contributed by atoms with van der Waals surface area (Å²) in [6.07, 6.45) is 5.84. The van der Waals surface area contributed by atoms with E-state index in [1.807, 2.05) is 55.6 Å². The summed E-state index contributed by atoms with van der Waals surface area (Å²) < 4.78 is 33.1. The van der Waals surface area contributed by atoms with Gasteiger partial charge in [0, 0.05) is 49.2 Å². The molecule has 2 aliphatic rings. The maximum absolute atomic E-state index is 12.0. The van der Waals surface area contributed by atoms with Crippen LogP contribution in [0.3, 0.4) is 0 Å². The summed E-state index contributed by atoms with van der Waals surface area (Å²) >= 11 is 0. The standard InChI is InChI=1S/C37H48N4O5S/c1-39(21-22-47(44,45)38-24-27-11-5-3-6-12-27)19-20-40(2)25-30-26-41-33-23-29(37(42)43)17-18-31(33)35(28-13-7-4-8-14-28)36(41)32-15-9-10-16-34(32)46-30/h3,5-6,9-12,15-18,23,28,30,38,44-45H,4,7-8,13-14,19-22,24-26H2,1-2H3,(H,42,43). The zero-order chi connectivity index (χ0) is 33.0. The van der Waals surface area contributed by atoms with E-state index in [4.69, 9.17) is 4.74 Å². The summed E-state index contributed by atoms with van der Waals surface area (Å²) in [6, 6.07) is 23.6. The zero-order valence-electron chi connectivity index (χ0n) is 27.5. The molecule has 1 aromatic heterocycles. The second-order valence-electron chi connectivity index (χ2n) is 13.2. The van der Waals surface area contributed by atoms with Crippen molar-refractivity contribution in [2.75, 3.05) is 46.0 Å². The van der Waals surface area contributed by atoms with Crippen LogP contribution in [0.2, 0.25) is 0 Å². The first-order chi connectivity index (χ1) is 22.7. The summed E-state index contributed by atoms with van der Waals surface area (Å²) in [7, 11) is 1.20. The lowest BCUT2D eigenvalue weighted by Gasteiger charge is -2.35. The third-order valence-electron chi connectivity index (χ3n) is 9.67. The Morgan fingerprint density at radius 1 is 0.936 bits per heavy atom. The first-order valence-corrected chi connectivity index (χ1v) is 18.5. The van der Waals surface area contributed by atoms with Gasteiger partial charge in [-0.1, -0.05) is 67.8 Å². The molecule has 2 heterocycles. The topological polar surface area (TPSA) is 110 Å². The van der Waals surface area contributed by atoms with E-state index in [1.54, 1.807) is 6.07 Å². The first kappa shape index (κ1) is 33.5. The van der Waals surface area contributed by atoms with Crippen molar-refractivity contribution in [1.82, 2.24) is 19.1 Å². The number of aromatic nitrogens is 1.